The molecule has 2 fully saturated rings. The lowest BCUT2D eigenvalue weighted by Crippen LogP contribution is -2.49. The lowest BCUT2D eigenvalue weighted by molar-refractivity contribution is -0.134. The summed E-state index contributed by atoms with van der Waals surface area (Å²) in [4.78, 5) is 16.6. The van der Waals surface area contributed by atoms with Crippen molar-refractivity contribution in [3.8, 4) is 0 Å². The van der Waals surface area contributed by atoms with E-state index in [2.05, 4.69) is 17.1 Å². The second-order valence-electron chi connectivity index (χ2n) is 6.11. The molecule has 0 aromatic heterocycles. The third-order valence-corrected chi connectivity index (χ3v) is 4.90. The highest BCUT2D eigenvalue weighted by molar-refractivity contribution is 5.78. The second kappa shape index (κ2) is 7.25. The fourth-order valence-corrected chi connectivity index (χ4v) is 3.32. The quantitative estimate of drug-likeness (QED) is 0.834. The molecule has 1 saturated carbocycles. The Bertz CT molecular complexity index is 281. The highest BCUT2D eigenvalue weighted by atomic mass is 16.2. The number of nitrogens with zero attached hydrogens (tertiary/aromatic N) is 2. The van der Waals surface area contributed by atoms with Crippen LogP contribution in [0.5, 0.6) is 0 Å². The molecule has 0 radical (unpaired) electrons. The van der Waals surface area contributed by atoms with Crippen molar-refractivity contribution in [2.75, 3.05) is 39.8 Å². The molecule has 0 aromatic rings. The Balaban J connectivity index is 1.75. The van der Waals surface area contributed by atoms with E-state index >= 15 is 0 Å². The van der Waals surface area contributed by atoms with E-state index in [1.807, 2.05) is 11.9 Å². The number of nitrogens with one attached hydrogen (secondary N) is 1. The standard InChI is InChI=1S/C15H29N3O/c1-3-13-4-6-14(7-5-13)17(2)15(19)12-18-10-8-16-9-11-18/h13-14,16H,3-12H2,1-2H3. The predicted octanol–water partition coefficient (Wildman–Crippen LogP) is 1.32. The van der Waals surface area contributed by atoms with Gasteiger partial charge in [0, 0.05) is 39.3 Å². The van der Waals surface area contributed by atoms with E-state index in [9.17, 15) is 4.79 Å². The minimum atomic E-state index is 0.307. The number of carbonyl (C=O) groups is 1. The first kappa shape index (κ1) is 14.8. The van der Waals surface area contributed by atoms with Crippen LogP contribution in [0.1, 0.15) is 39.0 Å². The average Bonchev–Trinajstić information content (AvgIpc) is 2.47. The van der Waals surface area contributed by atoms with Crippen molar-refractivity contribution < 1.29 is 4.79 Å². The largest absolute Gasteiger partial charge is 0.342 e. The van der Waals surface area contributed by atoms with Gasteiger partial charge in [-0.1, -0.05) is 13.3 Å². The molecule has 0 spiro atoms. The van der Waals surface area contributed by atoms with E-state index < -0.39 is 0 Å². The molecular formula is C15H29N3O. The zero-order chi connectivity index (χ0) is 13.7. The van der Waals surface area contributed by atoms with Crippen LogP contribution in [0.2, 0.25) is 0 Å². The Morgan fingerprint density at radius 3 is 2.42 bits per heavy atom. The van der Waals surface area contributed by atoms with Crippen LogP contribution in [0.15, 0.2) is 0 Å². The van der Waals surface area contributed by atoms with E-state index in [0.717, 1.165) is 32.1 Å². The topological polar surface area (TPSA) is 35.6 Å². The van der Waals surface area contributed by atoms with Gasteiger partial charge in [0.2, 0.25) is 5.91 Å². The maximum absolute atomic E-state index is 12.3. The SMILES string of the molecule is CCC1CCC(N(C)C(=O)CN2CCNCC2)CC1. The molecule has 0 atom stereocenters. The minimum absolute atomic E-state index is 0.307. The summed E-state index contributed by atoms with van der Waals surface area (Å²) in [5, 5.41) is 3.33. The van der Waals surface area contributed by atoms with Gasteiger partial charge in [-0.05, 0) is 31.6 Å². The monoisotopic (exact) mass is 267 g/mol. The molecule has 1 aliphatic heterocycles. The fourth-order valence-electron chi connectivity index (χ4n) is 3.32. The van der Waals surface area contributed by atoms with E-state index in [1.54, 1.807) is 0 Å². The van der Waals surface area contributed by atoms with Gasteiger partial charge in [0.05, 0.1) is 6.54 Å². The molecule has 1 saturated heterocycles. The zero-order valence-corrected chi connectivity index (χ0v) is 12.5. The number of amides is 1. The van der Waals surface area contributed by atoms with Crippen molar-refractivity contribution in [1.29, 1.82) is 0 Å². The highest BCUT2D eigenvalue weighted by Gasteiger charge is 2.26. The Morgan fingerprint density at radius 1 is 1.21 bits per heavy atom. The molecule has 1 heterocycles. The van der Waals surface area contributed by atoms with E-state index in [4.69, 9.17) is 0 Å². The molecule has 1 N–H and O–H groups in total. The van der Waals surface area contributed by atoms with Crippen molar-refractivity contribution in [3.05, 3.63) is 0 Å². The van der Waals surface area contributed by atoms with Gasteiger partial charge in [0.1, 0.15) is 0 Å². The molecule has 4 nitrogen and oxygen atoms in total. The molecule has 0 unspecified atom stereocenters. The third-order valence-electron chi connectivity index (χ3n) is 4.90. The first-order valence-corrected chi connectivity index (χ1v) is 7.89. The van der Waals surface area contributed by atoms with Gasteiger partial charge < -0.3 is 10.2 Å². The van der Waals surface area contributed by atoms with Crippen molar-refractivity contribution in [2.24, 2.45) is 5.92 Å². The lowest BCUT2D eigenvalue weighted by atomic mass is 9.84. The van der Waals surface area contributed by atoms with E-state index in [0.29, 0.717) is 18.5 Å². The van der Waals surface area contributed by atoms with Gasteiger partial charge in [0.15, 0.2) is 0 Å². The summed E-state index contributed by atoms with van der Waals surface area (Å²) in [6.45, 7) is 6.91. The number of hydrogen-bond acceptors (Lipinski definition) is 3. The van der Waals surface area contributed by atoms with E-state index in [1.165, 1.54) is 32.1 Å². The molecule has 1 aliphatic carbocycles. The molecule has 19 heavy (non-hydrogen) atoms. The molecular weight excluding hydrogens is 238 g/mol. The van der Waals surface area contributed by atoms with Crippen molar-refractivity contribution in [1.82, 2.24) is 15.1 Å². The van der Waals surface area contributed by atoms with Crippen LogP contribution in [-0.2, 0) is 4.79 Å². The van der Waals surface area contributed by atoms with Crippen LogP contribution in [-0.4, -0.2) is 61.5 Å². The van der Waals surface area contributed by atoms with Crippen LogP contribution >= 0.6 is 0 Å². The summed E-state index contributed by atoms with van der Waals surface area (Å²) < 4.78 is 0. The summed E-state index contributed by atoms with van der Waals surface area (Å²) in [5.41, 5.74) is 0. The zero-order valence-electron chi connectivity index (χ0n) is 12.5. The molecule has 0 bridgehead atoms. The number of hydrogen-bond donors (Lipinski definition) is 1. The number of likely N-dealkylation sites (N-methyl/N-ethyl adjacent to an activating group) is 1. The average molecular weight is 267 g/mol. The Labute approximate surface area is 117 Å². The minimum Gasteiger partial charge on any atom is -0.342 e. The summed E-state index contributed by atoms with van der Waals surface area (Å²) in [7, 11) is 2.00. The van der Waals surface area contributed by atoms with Crippen molar-refractivity contribution in [3.63, 3.8) is 0 Å². The maximum Gasteiger partial charge on any atom is 0.236 e. The number of piperazine rings is 1. The van der Waals surface area contributed by atoms with Gasteiger partial charge in [-0.25, -0.2) is 0 Å². The summed E-state index contributed by atoms with van der Waals surface area (Å²) >= 11 is 0. The smallest absolute Gasteiger partial charge is 0.236 e. The molecule has 2 rings (SSSR count). The van der Waals surface area contributed by atoms with Gasteiger partial charge in [-0.2, -0.15) is 0 Å². The van der Waals surface area contributed by atoms with Crippen molar-refractivity contribution >= 4 is 5.91 Å². The number of carbonyl (C=O) groups excluding carboxylic acids is 1. The summed E-state index contributed by atoms with van der Waals surface area (Å²) in [6.07, 6.45) is 6.29. The van der Waals surface area contributed by atoms with Crippen LogP contribution in [0.3, 0.4) is 0 Å². The first-order valence-electron chi connectivity index (χ1n) is 7.89. The van der Waals surface area contributed by atoms with Crippen LogP contribution in [0.4, 0.5) is 0 Å². The van der Waals surface area contributed by atoms with Gasteiger partial charge in [-0.3, -0.25) is 9.69 Å². The molecule has 0 aromatic carbocycles. The van der Waals surface area contributed by atoms with Gasteiger partial charge in [-0.15, -0.1) is 0 Å². The van der Waals surface area contributed by atoms with Gasteiger partial charge >= 0.3 is 0 Å². The normalized spacial score (nSPS) is 29.2. The summed E-state index contributed by atoms with van der Waals surface area (Å²) in [5.74, 6) is 1.20. The van der Waals surface area contributed by atoms with Crippen LogP contribution < -0.4 is 5.32 Å². The fraction of sp³-hybridized carbons (Fsp3) is 0.933. The van der Waals surface area contributed by atoms with Crippen LogP contribution in [0, 0.1) is 5.92 Å². The first-order chi connectivity index (χ1) is 9.20. The Kier molecular flexibility index (Phi) is 5.64. The maximum atomic E-state index is 12.3. The lowest BCUT2D eigenvalue weighted by Gasteiger charge is -2.36. The van der Waals surface area contributed by atoms with Gasteiger partial charge in [0.25, 0.3) is 0 Å². The van der Waals surface area contributed by atoms with E-state index in [-0.39, 0.29) is 0 Å². The molecule has 110 valence electrons. The Hall–Kier alpha value is -0.610. The molecule has 4 heteroatoms. The second-order valence-corrected chi connectivity index (χ2v) is 6.11. The molecule has 2 aliphatic rings. The highest BCUT2D eigenvalue weighted by Crippen LogP contribution is 2.28. The predicted molar refractivity (Wildman–Crippen MR) is 78.1 cm³/mol. The van der Waals surface area contributed by atoms with Crippen LogP contribution in [0.25, 0.3) is 0 Å². The third kappa shape index (κ3) is 4.18. The van der Waals surface area contributed by atoms with Crippen molar-refractivity contribution in [2.45, 2.75) is 45.1 Å². The number of rotatable bonds is 4. The summed E-state index contributed by atoms with van der Waals surface area (Å²) in [6, 6.07) is 0.484. The molecule has 1 amide bonds. The Morgan fingerprint density at radius 2 is 1.84 bits per heavy atom.